The smallest absolute Gasteiger partial charge is 0.0388 e. The Morgan fingerprint density at radius 2 is 2.09 bits per heavy atom. The lowest BCUT2D eigenvalue weighted by Gasteiger charge is -2.07. The fraction of sp³-hybridized carbons (Fsp3) is 0.111. The molecule has 0 N–H and O–H groups in total. The maximum absolute atomic E-state index is 3.71. The molecule has 55 valence electrons. The first-order valence-electron chi connectivity index (χ1n) is 3.34. The second-order valence-electron chi connectivity index (χ2n) is 2.23. The molecule has 11 heavy (non-hydrogen) atoms. The van der Waals surface area contributed by atoms with E-state index >= 15 is 0 Å². The topological polar surface area (TPSA) is 0 Å². The molecule has 0 nitrogen and oxygen atoms in total. The van der Waals surface area contributed by atoms with Crippen molar-refractivity contribution in [3.05, 3.63) is 47.0 Å². The molecule has 1 rings (SSSR count). The van der Waals surface area contributed by atoms with Crippen molar-refractivity contribution in [3.63, 3.8) is 0 Å². The molecule has 3 radical (unpaired) electrons. The van der Waals surface area contributed by atoms with E-state index in [1.807, 2.05) is 24.3 Å². The number of allylic oxidation sites excluding steroid dienone is 1. The van der Waals surface area contributed by atoms with E-state index in [1.165, 1.54) is 5.56 Å². The van der Waals surface area contributed by atoms with Gasteiger partial charge < -0.3 is 0 Å². The number of rotatable bonds is 2. The van der Waals surface area contributed by atoms with Crippen LogP contribution in [0.1, 0.15) is 11.1 Å². The van der Waals surface area contributed by atoms with Crippen molar-refractivity contribution in [1.29, 1.82) is 0 Å². The molecule has 0 aliphatic carbocycles. The van der Waals surface area contributed by atoms with Gasteiger partial charge in [0.2, 0.25) is 0 Å². The van der Waals surface area contributed by atoms with Gasteiger partial charge in [0.15, 0.2) is 0 Å². The third-order valence-electron chi connectivity index (χ3n) is 1.48. The van der Waals surface area contributed by atoms with Crippen LogP contribution in [0.5, 0.6) is 0 Å². The molecule has 0 saturated heterocycles. The molecule has 0 heterocycles. The van der Waals surface area contributed by atoms with Crippen molar-refractivity contribution in [1.82, 2.24) is 0 Å². The van der Waals surface area contributed by atoms with Gasteiger partial charge in [-0.3, -0.25) is 0 Å². The van der Waals surface area contributed by atoms with E-state index in [0.29, 0.717) is 0 Å². The molecule has 0 aromatic heterocycles. The van der Waals surface area contributed by atoms with Crippen molar-refractivity contribution in [2.45, 2.75) is 5.54 Å². The first-order valence-corrected chi connectivity index (χ1v) is 4.71. The third kappa shape index (κ3) is 2.04. The highest BCUT2D eigenvalue weighted by atomic mass is 79.9. The number of hydrogen-bond acceptors (Lipinski definition) is 0. The standard InChI is InChI=1S/C9H8BrSi/c1-2-9(11)7-5-3-4-6-8(7)10/h2-6,9H,1H2. The largest absolute Gasteiger partial charge is 0.103 e. The highest BCUT2D eigenvalue weighted by Gasteiger charge is 2.03. The number of hydrogen-bond donors (Lipinski definition) is 0. The van der Waals surface area contributed by atoms with Gasteiger partial charge in [0.25, 0.3) is 0 Å². The van der Waals surface area contributed by atoms with E-state index in [1.54, 1.807) is 0 Å². The normalized spacial score (nSPS) is 12.5. The molecule has 0 bridgehead atoms. The minimum absolute atomic E-state index is 0.227. The van der Waals surface area contributed by atoms with Crippen LogP contribution in [-0.2, 0) is 0 Å². The van der Waals surface area contributed by atoms with Crippen LogP contribution in [-0.4, -0.2) is 10.2 Å². The molecule has 0 spiro atoms. The van der Waals surface area contributed by atoms with Crippen LogP contribution in [0.3, 0.4) is 0 Å². The van der Waals surface area contributed by atoms with Crippen molar-refractivity contribution >= 4 is 26.2 Å². The lowest BCUT2D eigenvalue weighted by Crippen LogP contribution is -1.93. The summed E-state index contributed by atoms with van der Waals surface area (Å²) >= 11 is 3.46. The Kier molecular flexibility index (Phi) is 3.09. The lowest BCUT2D eigenvalue weighted by atomic mass is 10.1. The van der Waals surface area contributed by atoms with Gasteiger partial charge in [-0.15, -0.1) is 6.58 Å². The van der Waals surface area contributed by atoms with Crippen LogP contribution in [0.4, 0.5) is 0 Å². The van der Waals surface area contributed by atoms with E-state index in [9.17, 15) is 0 Å². The fourth-order valence-electron chi connectivity index (χ4n) is 0.854. The molecule has 1 unspecified atom stereocenters. The predicted molar refractivity (Wildman–Crippen MR) is 52.8 cm³/mol. The molecular formula is C9H8BrSi. The van der Waals surface area contributed by atoms with Crippen LogP contribution in [0, 0.1) is 0 Å². The molecule has 0 fully saturated rings. The minimum Gasteiger partial charge on any atom is -0.103 e. The highest BCUT2D eigenvalue weighted by Crippen LogP contribution is 2.22. The Labute approximate surface area is 78.9 Å². The predicted octanol–water partition coefficient (Wildman–Crippen LogP) is 2.84. The average Bonchev–Trinajstić information content (AvgIpc) is 2.04. The van der Waals surface area contributed by atoms with Gasteiger partial charge in [0.05, 0.1) is 0 Å². The molecule has 1 aromatic carbocycles. The zero-order chi connectivity index (χ0) is 8.27. The summed E-state index contributed by atoms with van der Waals surface area (Å²) in [6.07, 6.45) is 1.86. The van der Waals surface area contributed by atoms with Crippen LogP contribution in [0.25, 0.3) is 0 Å². The van der Waals surface area contributed by atoms with Gasteiger partial charge in [-0.05, 0) is 17.2 Å². The zero-order valence-electron chi connectivity index (χ0n) is 6.05. The van der Waals surface area contributed by atoms with Gasteiger partial charge in [-0.25, -0.2) is 0 Å². The zero-order valence-corrected chi connectivity index (χ0v) is 8.64. The first-order chi connectivity index (χ1) is 5.25. The van der Waals surface area contributed by atoms with Crippen LogP contribution in [0.15, 0.2) is 41.4 Å². The van der Waals surface area contributed by atoms with Crippen LogP contribution < -0.4 is 0 Å². The maximum Gasteiger partial charge on any atom is 0.0388 e. The van der Waals surface area contributed by atoms with Crippen molar-refractivity contribution in [2.24, 2.45) is 0 Å². The first kappa shape index (κ1) is 8.75. The molecule has 0 aliphatic rings. The summed E-state index contributed by atoms with van der Waals surface area (Å²) in [5.74, 6) is 0. The van der Waals surface area contributed by atoms with Gasteiger partial charge in [-0.2, -0.15) is 0 Å². The number of halogens is 1. The summed E-state index contributed by atoms with van der Waals surface area (Å²) in [6.45, 7) is 3.71. The summed E-state index contributed by atoms with van der Waals surface area (Å²) in [6, 6.07) is 8.09. The molecule has 0 saturated carbocycles. The van der Waals surface area contributed by atoms with E-state index in [4.69, 9.17) is 0 Å². The average molecular weight is 224 g/mol. The van der Waals surface area contributed by atoms with Crippen LogP contribution >= 0.6 is 15.9 Å². The Hall–Kier alpha value is -0.343. The Morgan fingerprint density at radius 3 is 2.64 bits per heavy atom. The summed E-state index contributed by atoms with van der Waals surface area (Å²) in [4.78, 5) is 0. The van der Waals surface area contributed by atoms with E-state index in [0.717, 1.165) is 4.47 Å². The lowest BCUT2D eigenvalue weighted by molar-refractivity contribution is 1.20. The van der Waals surface area contributed by atoms with Crippen molar-refractivity contribution < 1.29 is 0 Å². The molecule has 0 aliphatic heterocycles. The summed E-state index contributed by atoms with van der Waals surface area (Å²) in [7, 11) is 3.54. The van der Waals surface area contributed by atoms with Gasteiger partial charge in [-0.1, -0.05) is 40.2 Å². The van der Waals surface area contributed by atoms with E-state index < -0.39 is 0 Å². The fourth-order valence-corrected chi connectivity index (χ4v) is 1.85. The van der Waals surface area contributed by atoms with E-state index in [-0.39, 0.29) is 5.54 Å². The molecule has 0 amide bonds. The van der Waals surface area contributed by atoms with Gasteiger partial charge in [0, 0.05) is 14.7 Å². The Morgan fingerprint density at radius 1 is 1.45 bits per heavy atom. The summed E-state index contributed by atoms with van der Waals surface area (Å²) in [5.41, 5.74) is 1.43. The Balaban J connectivity index is 3.02. The van der Waals surface area contributed by atoms with Crippen molar-refractivity contribution in [2.75, 3.05) is 0 Å². The van der Waals surface area contributed by atoms with Crippen molar-refractivity contribution in [3.8, 4) is 0 Å². The molecular weight excluding hydrogens is 216 g/mol. The van der Waals surface area contributed by atoms with Gasteiger partial charge in [0.1, 0.15) is 0 Å². The third-order valence-corrected chi connectivity index (χ3v) is 2.74. The quantitative estimate of drug-likeness (QED) is 0.535. The van der Waals surface area contributed by atoms with Crippen LogP contribution in [0.2, 0.25) is 0 Å². The number of benzene rings is 1. The van der Waals surface area contributed by atoms with E-state index in [2.05, 4.69) is 38.8 Å². The summed E-state index contributed by atoms with van der Waals surface area (Å²) in [5, 5.41) is 0. The SMILES string of the molecule is C=CC([Si])c1ccccc1Br. The summed E-state index contributed by atoms with van der Waals surface area (Å²) < 4.78 is 1.11. The monoisotopic (exact) mass is 223 g/mol. The Bertz CT molecular complexity index is 257. The second kappa shape index (κ2) is 3.88. The molecule has 1 aromatic rings. The molecule has 1 atom stereocenters. The minimum atomic E-state index is 0.227. The molecule has 2 heteroatoms. The maximum atomic E-state index is 3.71. The second-order valence-corrected chi connectivity index (χ2v) is 3.71. The van der Waals surface area contributed by atoms with Gasteiger partial charge >= 0.3 is 0 Å². The highest BCUT2D eigenvalue weighted by molar-refractivity contribution is 9.10.